The molecule has 0 aliphatic carbocycles. The van der Waals surface area contributed by atoms with Crippen LogP contribution in [0.3, 0.4) is 0 Å². The molecule has 0 radical (unpaired) electrons. The second-order valence-electron chi connectivity index (χ2n) is 0.680. The first-order valence-corrected chi connectivity index (χ1v) is 3.90. The topological polar surface area (TPSA) is 80.7 Å². The van der Waals surface area contributed by atoms with Crippen molar-refractivity contribution in [3.05, 3.63) is 0 Å². The largest absolute Gasteiger partial charge is 1.00 e. The first-order chi connectivity index (χ1) is 3.97. The van der Waals surface area contributed by atoms with E-state index in [0.717, 1.165) is 7.11 Å². The molecule has 0 aromatic rings. The van der Waals surface area contributed by atoms with E-state index in [-0.39, 0.29) is 36.0 Å². The zero-order chi connectivity index (χ0) is 7.91. The first-order valence-electron chi connectivity index (χ1n) is 1.57. The summed E-state index contributed by atoms with van der Waals surface area (Å²) in [7, 11) is -2.56. The molecule has 0 heterocycles. The van der Waals surface area contributed by atoms with E-state index in [1.165, 1.54) is 0 Å². The van der Waals surface area contributed by atoms with E-state index in [1.54, 1.807) is 0 Å². The summed E-state index contributed by atoms with van der Waals surface area (Å²) in [5, 5.41) is 6.89. The predicted molar refractivity (Wildman–Crippen MR) is 32.0 cm³/mol. The van der Waals surface area contributed by atoms with E-state index in [2.05, 4.69) is 15.8 Å². The van der Waals surface area contributed by atoms with Crippen LogP contribution in [0.4, 0.5) is 0 Å². The fourth-order valence-corrected chi connectivity index (χ4v) is 0. The van der Waals surface area contributed by atoms with Crippen molar-refractivity contribution in [2.45, 2.75) is 0 Å². The Hall–Kier alpha value is 0.730. The van der Waals surface area contributed by atoms with Crippen molar-refractivity contribution in [3.8, 4) is 0 Å². The molecule has 0 aliphatic rings. The number of hydrogen-bond acceptors (Lipinski definition) is 5. The predicted octanol–water partition coefficient (Wildman–Crippen LogP) is -3.87. The molecule has 0 unspecified atom stereocenters. The molecule has 0 fully saturated rings. The first kappa shape index (κ1) is 17.0. The van der Waals surface area contributed by atoms with Crippen LogP contribution in [0.25, 0.3) is 0 Å². The molecule has 8 heteroatoms. The van der Waals surface area contributed by atoms with Crippen LogP contribution >= 0.6 is 0 Å². The minimum atomic E-state index is -3.58. The van der Waals surface area contributed by atoms with E-state index in [4.69, 9.17) is 9.90 Å². The van der Waals surface area contributed by atoms with E-state index in [0.29, 0.717) is 0 Å². The molecule has 0 amide bonds. The van der Waals surface area contributed by atoms with Gasteiger partial charge < -0.3 is 16.8 Å². The Kier molecular flexibility index (Phi) is 16.5. The van der Waals surface area contributed by atoms with Gasteiger partial charge >= 0.3 is 29.6 Å². The van der Waals surface area contributed by atoms with Gasteiger partial charge in [0.2, 0.25) is 0 Å². The van der Waals surface area contributed by atoms with E-state index >= 15 is 0 Å². The van der Waals surface area contributed by atoms with Gasteiger partial charge in [0.15, 0.2) is 0 Å². The molecule has 1 N–H and O–H groups in total. The van der Waals surface area contributed by atoms with Gasteiger partial charge in [0, 0.05) is 0 Å². The second-order valence-corrected chi connectivity index (χ2v) is 3.05. The number of carbonyl (C=O) groups is 1. The van der Waals surface area contributed by atoms with Crippen LogP contribution in [0, 0.1) is 0 Å². The summed E-state index contributed by atoms with van der Waals surface area (Å²) in [6.07, 6.45) is 0. The zero-order valence-electron chi connectivity index (χ0n) is 5.47. The Balaban J connectivity index is -0.000000107. The van der Waals surface area contributed by atoms with Crippen molar-refractivity contribution in [1.29, 1.82) is 0 Å². The molecule has 0 aromatic carbocycles. The van der Waals surface area contributed by atoms with E-state index in [9.17, 15) is 8.42 Å². The van der Waals surface area contributed by atoms with Crippen molar-refractivity contribution >= 4 is 27.3 Å². The third kappa shape index (κ3) is 37.5. The van der Waals surface area contributed by atoms with Gasteiger partial charge in [-0.3, -0.25) is 8.98 Å². The summed E-state index contributed by atoms with van der Waals surface area (Å²) in [5.74, 6) is 0. The Bertz CT molecular complexity index is 151. The molecule has 0 bridgehead atoms. The van der Waals surface area contributed by atoms with Gasteiger partial charge in [0.1, 0.15) is 9.15 Å². The molecule has 0 saturated carbocycles. The summed E-state index contributed by atoms with van der Waals surface area (Å²) >= 11 is 3.74. The molecule has 56 valence electrons. The van der Waals surface area contributed by atoms with Crippen LogP contribution in [-0.4, -0.2) is 27.1 Å². The Morgan fingerprint density at radius 2 is 1.70 bits per heavy atom. The minimum absolute atomic E-state index is 0. The fraction of sp³-hybridized carbons (Fsp3) is 0.500. The smallest absolute Gasteiger partial charge is 0.619 e. The molecule has 0 atom stereocenters. The molecule has 0 rings (SSSR count). The van der Waals surface area contributed by atoms with Gasteiger partial charge in [-0.05, 0) is 0 Å². The maximum absolute atomic E-state index is 9.59. The summed E-state index contributed by atoms with van der Waals surface area (Å²) < 4.78 is 22.9. The van der Waals surface area contributed by atoms with Gasteiger partial charge in [-0.1, -0.05) is 0 Å². The molecule has 5 nitrogen and oxygen atoms in total. The standard InChI is InChI=1S/CH4O3S2.CH2O2.Na/c1-4-6(2,3)5;2-1-3;/h1H3,(H,2,3,5);1H,(H,2,3);/q;;+1/p-1. The van der Waals surface area contributed by atoms with Crippen LogP contribution in [0.1, 0.15) is 0 Å². The quantitative estimate of drug-likeness (QED) is 0.200. The summed E-state index contributed by atoms with van der Waals surface area (Å²) in [6, 6.07) is 0. The van der Waals surface area contributed by atoms with E-state index < -0.39 is 9.15 Å². The molecule has 10 heavy (non-hydrogen) atoms. The van der Waals surface area contributed by atoms with Crippen molar-refractivity contribution in [2.24, 2.45) is 0 Å². The van der Waals surface area contributed by atoms with Gasteiger partial charge in [0.25, 0.3) is 6.47 Å². The molecule has 0 aliphatic heterocycles. The minimum Gasteiger partial charge on any atom is -0.619 e. The molecule has 0 aromatic heterocycles. The van der Waals surface area contributed by atoms with Crippen molar-refractivity contribution in [2.75, 3.05) is 7.11 Å². The van der Waals surface area contributed by atoms with Crippen LogP contribution in [-0.2, 0) is 29.8 Å². The summed E-state index contributed by atoms with van der Waals surface area (Å²) in [5.41, 5.74) is 0. The molecule has 0 saturated heterocycles. The normalized spacial score (nSPS) is 8.20. The third-order valence-corrected chi connectivity index (χ3v) is 1.02. The number of hydrogen-bond donors (Lipinski definition) is 1. The molecular weight excluding hydrogens is 191 g/mol. The Morgan fingerprint density at radius 1 is 1.60 bits per heavy atom. The molecular formula is C2H5NaO5S2. The Morgan fingerprint density at radius 3 is 1.70 bits per heavy atom. The SMILES string of the molecule is COS(=O)(=O)[S-].O=CO.[Na+]. The summed E-state index contributed by atoms with van der Waals surface area (Å²) in [4.78, 5) is 8.36. The van der Waals surface area contributed by atoms with Crippen molar-refractivity contribution in [1.82, 2.24) is 0 Å². The summed E-state index contributed by atoms with van der Waals surface area (Å²) in [6.45, 7) is -0.250. The maximum atomic E-state index is 9.59. The average Bonchev–Trinajstić information content (AvgIpc) is 1.67. The number of rotatable bonds is 1. The van der Waals surface area contributed by atoms with Crippen molar-refractivity contribution in [3.63, 3.8) is 0 Å². The van der Waals surface area contributed by atoms with Crippen LogP contribution in [0.5, 0.6) is 0 Å². The second kappa shape index (κ2) is 9.73. The number of carboxylic acid groups (broad SMARTS) is 1. The van der Waals surface area contributed by atoms with Crippen LogP contribution in [0.15, 0.2) is 0 Å². The zero-order valence-corrected chi connectivity index (χ0v) is 9.11. The van der Waals surface area contributed by atoms with Crippen molar-refractivity contribution < 1.29 is 52.1 Å². The van der Waals surface area contributed by atoms with Crippen LogP contribution < -0.4 is 29.6 Å². The third-order valence-electron chi connectivity index (χ3n) is 0.204. The fourth-order valence-electron chi connectivity index (χ4n) is 0. The van der Waals surface area contributed by atoms with Gasteiger partial charge in [-0.15, -0.1) is 0 Å². The van der Waals surface area contributed by atoms with E-state index in [1.807, 2.05) is 0 Å². The van der Waals surface area contributed by atoms with Crippen LogP contribution in [0.2, 0.25) is 0 Å². The van der Waals surface area contributed by atoms with Gasteiger partial charge in [0.05, 0.1) is 7.11 Å². The Labute approximate surface area is 86.0 Å². The molecule has 0 spiro atoms. The monoisotopic (exact) mass is 196 g/mol. The van der Waals surface area contributed by atoms with Gasteiger partial charge in [-0.25, -0.2) is 8.42 Å². The van der Waals surface area contributed by atoms with Gasteiger partial charge in [-0.2, -0.15) is 0 Å². The maximum Gasteiger partial charge on any atom is 1.00 e. The average molecular weight is 196 g/mol.